The predicted octanol–water partition coefficient (Wildman–Crippen LogP) is 3.70. The van der Waals surface area contributed by atoms with Gasteiger partial charge in [-0.05, 0) is 55.8 Å². The van der Waals surface area contributed by atoms with Crippen LogP contribution in [0, 0.1) is 17.3 Å². The maximum Gasteiger partial charge on any atom is 0.335 e. The van der Waals surface area contributed by atoms with E-state index in [0.29, 0.717) is 16.3 Å². The number of nitrogens with zero attached hydrogens (tertiary/aromatic N) is 5. The van der Waals surface area contributed by atoms with Gasteiger partial charge in [-0.15, -0.1) is 4.99 Å². The van der Waals surface area contributed by atoms with Gasteiger partial charge in [0.15, 0.2) is 11.6 Å². The lowest BCUT2D eigenvalue weighted by atomic mass is 10.2. The SMILES string of the molecule is CC(C)Oc1ccc(N=c2[nH]c(=O)n(CCNC(=NC#N)Oc3ccccc3)c(=O)n2Cc2ccc(Cl)cc2)cc1F. The molecule has 0 unspecified atom stereocenters. The molecule has 0 saturated carbocycles. The van der Waals surface area contributed by atoms with Gasteiger partial charge >= 0.3 is 17.4 Å². The highest BCUT2D eigenvalue weighted by molar-refractivity contribution is 6.30. The standard InChI is InChI=1S/C29H27ClFN7O4/c1-19(2)41-25-13-12-22(16-24(25)31)35-26-36-28(39)37(29(40)38(26)17-20-8-10-21(30)11-9-20)15-14-33-27(34-18-32)42-23-6-4-3-5-7-23/h3-13,16,19H,14-15,17H2,1-2H3,(H,33,34)(H,35,36,39). The molecule has 0 aliphatic carbocycles. The molecular formula is C29H27ClFN7O4. The Morgan fingerprint density at radius 2 is 1.83 bits per heavy atom. The molecule has 4 aromatic rings. The summed E-state index contributed by atoms with van der Waals surface area (Å²) >= 11 is 6.01. The maximum absolute atomic E-state index is 14.6. The second kappa shape index (κ2) is 14.0. The van der Waals surface area contributed by atoms with Crippen LogP contribution in [0.4, 0.5) is 10.1 Å². The molecule has 1 aromatic heterocycles. The van der Waals surface area contributed by atoms with E-state index in [1.165, 1.54) is 16.7 Å². The van der Waals surface area contributed by atoms with E-state index in [1.807, 2.05) is 6.07 Å². The normalized spacial score (nSPS) is 11.8. The number of para-hydroxylation sites is 1. The summed E-state index contributed by atoms with van der Waals surface area (Å²) in [6.07, 6.45) is 1.42. The molecular weight excluding hydrogens is 565 g/mol. The third-order valence-electron chi connectivity index (χ3n) is 5.67. The van der Waals surface area contributed by atoms with E-state index in [1.54, 1.807) is 68.6 Å². The minimum absolute atomic E-state index is 0.0241. The van der Waals surface area contributed by atoms with Crippen molar-refractivity contribution >= 4 is 23.3 Å². The molecule has 0 amide bonds. The smallest absolute Gasteiger partial charge is 0.335 e. The van der Waals surface area contributed by atoms with Gasteiger partial charge in [0, 0.05) is 24.2 Å². The largest absolute Gasteiger partial charge is 0.488 e. The summed E-state index contributed by atoms with van der Waals surface area (Å²) in [5, 5.41) is 12.4. The Hall–Kier alpha value is -5.15. The lowest BCUT2D eigenvalue weighted by Crippen LogP contribution is -2.51. The number of aromatic nitrogens is 3. The molecule has 0 fully saturated rings. The number of aromatic amines is 1. The van der Waals surface area contributed by atoms with Crippen LogP contribution in [0.5, 0.6) is 11.5 Å². The summed E-state index contributed by atoms with van der Waals surface area (Å²) in [6.45, 7) is 3.51. The van der Waals surface area contributed by atoms with Gasteiger partial charge in [-0.25, -0.2) is 23.5 Å². The number of amidine groups is 1. The van der Waals surface area contributed by atoms with E-state index in [-0.39, 0.29) is 48.8 Å². The Balaban J connectivity index is 1.67. The van der Waals surface area contributed by atoms with Crippen molar-refractivity contribution in [3.05, 3.63) is 116 Å². The van der Waals surface area contributed by atoms with Gasteiger partial charge in [-0.1, -0.05) is 41.9 Å². The number of benzene rings is 3. The topological polar surface area (TPSA) is 139 Å². The van der Waals surface area contributed by atoms with Gasteiger partial charge in [-0.2, -0.15) is 5.26 Å². The molecule has 0 radical (unpaired) electrons. The fourth-order valence-electron chi connectivity index (χ4n) is 3.80. The van der Waals surface area contributed by atoms with Crippen molar-refractivity contribution in [1.29, 1.82) is 5.26 Å². The van der Waals surface area contributed by atoms with E-state index in [2.05, 4.69) is 20.3 Å². The molecule has 0 atom stereocenters. The highest BCUT2D eigenvalue weighted by atomic mass is 35.5. The Morgan fingerprint density at radius 1 is 1.10 bits per heavy atom. The third-order valence-corrected chi connectivity index (χ3v) is 5.92. The van der Waals surface area contributed by atoms with Crippen LogP contribution < -0.4 is 31.8 Å². The van der Waals surface area contributed by atoms with Crippen molar-refractivity contribution < 1.29 is 13.9 Å². The summed E-state index contributed by atoms with van der Waals surface area (Å²) < 4.78 is 27.8. The second-order valence-corrected chi connectivity index (χ2v) is 9.59. The summed E-state index contributed by atoms with van der Waals surface area (Å²) in [5.41, 5.74) is -0.618. The zero-order chi connectivity index (χ0) is 30.1. The summed E-state index contributed by atoms with van der Waals surface area (Å²) in [5.74, 6) is -0.130. The number of hydrogen-bond donors (Lipinski definition) is 2. The molecule has 11 nitrogen and oxygen atoms in total. The number of halogens is 2. The predicted molar refractivity (Wildman–Crippen MR) is 155 cm³/mol. The van der Waals surface area contributed by atoms with Crippen LogP contribution in [0.15, 0.2) is 92.4 Å². The quantitative estimate of drug-likeness (QED) is 0.173. The van der Waals surface area contributed by atoms with Crippen molar-refractivity contribution in [1.82, 2.24) is 19.4 Å². The lowest BCUT2D eigenvalue weighted by molar-refractivity contribution is 0.231. The number of aliphatic imine (C=N–C) groups is 1. The van der Waals surface area contributed by atoms with Crippen LogP contribution >= 0.6 is 11.6 Å². The zero-order valence-electron chi connectivity index (χ0n) is 22.8. The van der Waals surface area contributed by atoms with E-state index < -0.39 is 17.2 Å². The highest BCUT2D eigenvalue weighted by Gasteiger charge is 2.12. The van der Waals surface area contributed by atoms with Crippen molar-refractivity contribution in [2.75, 3.05) is 6.54 Å². The van der Waals surface area contributed by atoms with Crippen LogP contribution in [0.3, 0.4) is 0 Å². The second-order valence-electron chi connectivity index (χ2n) is 9.15. The molecule has 1 heterocycles. The average molecular weight is 592 g/mol. The minimum Gasteiger partial charge on any atom is -0.488 e. The molecule has 0 aliphatic heterocycles. The Bertz CT molecular complexity index is 1790. The van der Waals surface area contributed by atoms with E-state index in [4.69, 9.17) is 26.3 Å². The number of rotatable bonds is 9. The molecule has 216 valence electrons. The first-order valence-electron chi connectivity index (χ1n) is 12.9. The number of hydrogen-bond acceptors (Lipinski definition) is 7. The van der Waals surface area contributed by atoms with Crippen LogP contribution in [-0.2, 0) is 13.1 Å². The fourth-order valence-corrected chi connectivity index (χ4v) is 3.93. The van der Waals surface area contributed by atoms with Crippen LogP contribution in [0.1, 0.15) is 19.4 Å². The first kappa shape index (κ1) is 29.8. The molecule has 0 aliphatic rings. The van der Waals surface area contributed by atoms with Crippen molar-refractivity contribution in [2.45, 2.75) is 33.0 Å². The first-order valence-corrected chi connectivity index (χ1v) is 13.2. The van der Waals surface area contributed by atoms with Crippen LogP contribution in [-0.4, -0.2) is 32.8 Å². The lowest BCUT2D eigenvalue weighted by Gasteiger charge is -2.13. The number of H-pyrrole nitrogens is 1. The highest BCUT2D eigenvalue weighted by Crippen LogP contribution is 2.23. The number of nitriles is 1. The van der Waals surface area contributed by atoms with Crippen LogP contribution in [0.25, 0.3) is 0 Å². The van der Waals surface area contributed by atoms with Gasteiger partial charge in [0.1, 0.15) is 5.75 Å². The monoisotopic (exact) mass is 591 g/mol. The summed E-state index contributed by atoms with van der Waals surface area (Å²) in [6, 6.07) is 19.5. The molecule has 4 rings (SSSR count). The molecule has 13 heteroatoms. The van der Waals surface area contributed by atoms with Gasteiger partial charge in [0.25, 0.3) is 0 Å². The van der Waals surface area contributed by atoms with E-state index in [9.17, 15) is 14.0 Å². The molecule has 3 aromatic carbocycles. The molecule has 0 bridgehead atoms. The summed E-state index contributed by atoms with van der Waals surface area (Å²) in [7, 11) is 0. The number of nitrogens with one attached hydrogen (secondary N) is 2. The van der Waals surface area contributed by atoms with Gasteiger partial charge in [0.05, 0.1) is 18.3 Å². The van der Waals surface area contributed by atoms with Gasteiger partial charge in [0.2, 0.25) is 11.8 Å². The van der Waals surface area contributed by atoms with E-state index in [0.717, 1.165) is 10.6 Å². The molecule has 0 saturated heterocycles. The van der Waals surface area contributed by atoms with Crippen molar-refractivity contribution in [2.24, 2.45) is 9.98 Å². The maximum atomic E-state index is 14.6. The Morgan fingerprint density at radius 3 is 2.50 bits per heavy atom. The Labute approximate surface area is 244 Å². The minimum atomic E-state index is -0.740. The average Bonchev–Trinajstić information content (AvgIpc) is 2.95. The first-order chi connectivity index (χ1) is 20.2. The van der Waals surface area contributed by atoms with Gasteiger partial charge in [-0.3, -0.25) is 9.55 Å². The molecule has 0 spiro atoms. The van der Waals surface area contributed by atoms with Crippen LogP contribution in [0.2, 0.25) is 5.02 Å². The fraction of sp³-hybridized carbons (Fsp3) is 0.207. The van der Waals surface area contributed by atoms with E-state index >= 15 is 0 Å². The van der Waals surface area contributed by atoms with Gasteiger partial charge < -0.3 is 14.8 Å². The van der Waals surface area contributed by atoms with Crippen molar-refractivity contribution in [3.8, 4) is 17.7 Å². The zero-order valence-corrected chi connectivity index (χ0v) is 23.5. The molecule has 42 heavy (non-hydrogen) atoms. The molecule has 2 N–H and O–H groups in total. The number of ether oxygens (including phenoxy) is 2. The third kappa shape index (κ3) is 7.96. The van der Waals surface area contributed by atoms with Crippen molar-refractivity contribution in [3.63, 3.8) is 0 Å². The summed E-state index contributed by atoms with van der Waals surface area (Å²) in [4.78, 5) is 37.2. The Kier molecular flexibility index (Phi) is 9.91.